The van der Waals surface area contributed by atoms with E-state index in [0.717, 1.165) is 37.1 Å². The number of aliphatic hydroxyl groups is 1. The summed E-state index contributed by atoms with van der Waals surface area (Å²) in [5.74, 6) is 0.154. The standard InChI is InChI=1S/C20H30N2O2/c1-20(2,24)11-9-15-5-4-6-16(13-15)19(23)22-12-10-17-7-8-18(14-22)21(17)3/h4-6,13,17-18,24H,7-12,14H2,1-3H3/t17-,18+/m1/s1. The molecule has 0 unspecified atom stereocenters. The van der Waals surface area contributed by atoms with Crippen LogP contribution in [-0.2, 0) is 6.42 Å². The van der Waals surface area contributed by atoms with Crippen LogP contribution in [0.1, 0.15) is 55.5 Å². The molecule has 1 N–H and O–H groups in total. The number of amides is 1. The zero-order valence-corrected chi connectivity index (χ0v) is 15.2. The van der Waals surface area contributed by atoms with Crippen molar-refractivity contribution in [2.75, 3.05) is 20.1 Å². The molecule has 1 aromatic carbocycles. The fourth-order valence-corrected chi connectivity index (χ4v) is 3.99. The van der Waals surface area contributed by atoms with E-state index >= 15 is 0 Å². The van der Waals surface area contributed by atoms with Crippen LogP contribution in [0.15, 0.2) is 24.3 Å². The fraction of sp³-hybridized carbons (Fsp3) is 0.650. The molecule has 2 bridgehead atoms. The monoisotopic (exact) mass is 330 g/mol. The van der Waals surface area contributed by atoms with Crippen LogP contribution in [0.25, 0.3) is 0 Å². The molecule has 1 amide bonds. The van der Waals surface area contributed by atoms with Crippen LogP contribution in [0, 0.1) is 0 Å². The maximum atomic E-state index is 12.9. The second kappa shape index (κ2) is 6.85. The van der Waals surface area contributed by atoms with Gasteiger partial charge in [0.2, 0.25) is 0 Å². The number of carbonyl (C=O) groups excluding carboxylic acids is 1. The van der Waals surface area contributed by atoms with Crippen LogP contribution in [0.2, 0.25) is 0 Å². The number of hydrogen-bond donors (Lipinski definition) is 1. The third-order valence-corrected chi connectivity index (χ3v) is 5.64. The third-order valence-electron chi connectivity index (χ3n) is 5.64. The van der Waals surface area contributed by atoms with E-state index in [1.807, 2.05) is 43.0 Å². The van der Waals surface area contributed by atoms with Gasteiger partial charge in [0.15, 0.2) is 0 Å². The Balaban J connectivity index is 1.68. The molecule has 2 aliphatic heterocycles. The van der Waals surface area contributed by atoms with Crippen LogP contribution in [0.4, 0.5) is 0 Å². The molecular weight excluding hydrogens is 300 g/mol. The molecule has 0 aromatic heterocycles. The molecule has 0 aliphatic carbocycles. The summed E-state index contributed by atoms with van der Waals surface area (Å²) in [7, 11) is 2.20. The largest absolute Gasteiger partial charge is 0.390 e. The highest BCUT2D eigenvalue weighted by atomic mass is 16.3. The smallest absolute Gasteiger partial charge is 0.253 e. The molecule has 4 nitrogen and oxygen atoms in total. The average Bonchev–Trinajstić information content (AvgIpc) is 2.77. The molecular formula is C20H30N2O2. The van der Waals surface area contributed by atoms with Crippen LogP contribution in [-0.4, -0.2) is 58.6 Å². The summed E-state index contributed by atoms with van der Waals surface area (Å²) in [6, 6.07) is 9.08. The number of hydrogen-bond acceptors (Lipinski definition) is 3. The Labute approximate surface area is 145 Å². The molecule has 3 rings (SSSR count). The van der Waals surface area contributed by atoms with Gasteiger partial charge in [-0.3, -0.25) is 9.69 Å². The summed E-state index contributed by atoms with van der Waals surface area (Å²) < 4.78 is 0. The normalized spacial score (nSPS) is 24.9. The number of rotatable bonds is 4. The second-order valence-corrected chi connectivity index (χ2v) is 8.10. The molecule has 24 heavy (non-hydrogen) atoms. The molecule has 2 fully saturated rings. The number of fused-ring (bicyclic) bond motifs is 2. The Bertz CT molecular complexity index is 594. The Morgan fingerprint density at radius 2 is 2.00 bits per heavy atom. The molecule has 0 saturated carbocycles. The predicted molar refractivity (Wildman–Crippen MR) is 96.2 cm³/mol. The first-order valence-electron chi connectivity index (χ1n) is 9.16. The van der Waals surface area contributed by atoms with E-state index in [4.69, 9.17) is 0 Å². The highest BCUT2D eigenvalue weighted by Crippen LogP contribution is 2.29. The number of aryl methyl sites for hydroxylation is 1. The van der Waals surface area contributed by atoms with E-state index < -0.39 is 5.60 Å². The number of likely N-dealkylation sites (N-methyl/N-ethyl adjacent to an activating group) is 1. The molecule has 1 aromatic rings. The van der Waals surface area contributed by atoms with Crippen molar-refractivity contribution in [3.8, 4) is 0 Å². The number of likely N-dealkylation sites (tertiary alicyclic amines) is 1. The summed E-state index contributed by atoms with van der Waals surface area (Å²) in [5.41, 5.74) is 1.23. The minimum Gasteiger partial charge on any atom is -0.390 e. The summed E-state index contributed by atoms with van der Waals surface area (Å²) >= 11 is 0. The Hall–Kier alpha value is -1.39. The minimum atomic E-state index is -0.672. The van der Waals surface area contributed by atoms with E-state index in [-0.39, 0.29) is 5.91 Å². The SMILES string of the molecule is CN1[C@@H]2CC[C@H]1CN(C(=O)c1cccc(CCC(C)(C)O)c1)CC2. The molecule has 0 spiro atoms. The highest BCUT2D eigenvalue weighted by molar-refractivity contribution is 5.94. The zero-order chi connectivity index (χ0) is 17.3. The topological polar surface area (TPSA) is 43.8 Å². The van der Waals surface area contributed by atoms with Crippen LogP contribution < -0.4 is 0 Å². The summed E-state index contributed by atoms with van der Waals surface area (Å²) in [6.07, 6.45) is 5.05. The number of carbonyl (C=O) groups is 1. The third kappa shape index (κ3) is 3.98. The van der Waals surface area contributed by atoms with Crippen molar-refractivity contribution in [1.29, 1.82) is 0 Å². The van der Waals surface area contributed by atoms with Crippen LogP contribution in [0.3, 0.4) is 0 Å². The van der Waals surface area contributed by atoms with E-state index in [2.05, 4.69) is 11.9 Å². The molecule has 4 heteroatoms. The molecule has 132 valence electrons. The lowest BCUT2D eigenvalue weighted by molar-refractivity contribution is 0.0714. The summed E-state index contributed by atoms with van der Waals surface area (Å²) in [6.45, 7) is 5.35. The van der Waals surface area contributed by atoms with Crippen molar-refractivity contribution < 1.29 is 9.90 Å². The van der Waals surface area contributed by atoms with Crippen molar-refractivity contribution in [3.05, 3.63) is 35.4 Å². The van der Waals surface area contributed by atoms with Gasteiger partial charge >= 0.3 is 0 Å². The van der Waals surface area contributed by atoms with Crippen LogP contribution in [0.5, 0.6) is 0 Å². The lowest BCUT2D eigenvalue weighted by Gasteiger charge is -2.26. The molecule has 2 aliphatic rings. The van der Waals surface area contributed by atoms with Crippen LogP contribution >= 0.6 is 0 Å². The van der Waals surface area contributed by atoms with E-state index in [1.54, 1.807) is 0 Å². The van der Waals surface area contributed by atoms with E-state index in [0.29, 0.717) is 18.5 Å². The van der Waals surface area contributed by atoms with E-state index in [9.17, 15) is 9.90 Å². The van der Waals surface area contributed by atoms with E-state index in [1.165, 1.54) is 12.8 Å². The molecule has 2 saturated heterocycles. The van der Waals surface area contributed by atoms with Gasteiger partial charge in [-0.1, -0.05) is 12.1 Å². The molecule has 0 radical (unpaired) electrons. The van der Waals surface area contributed by atoms with Crippen molar-refractivity contribution in [1.82, 2.24) is 9.80 Å². The van der Waals surface area contributed by atoms with Gasteiger partial charge in [-0.25, -0.2) is 0 Å². The second-order valence-electron chi connectivity index (χ2n) is 8.10. The summed E-state index contributed by atoms with van der Waals surface area (Å²) in [4.78, 5) is 17.4. The fourth-order valence-electron chi connectivity index (χ4n) is 3.99. The molecule has 2 heterocycles. The maximum Gasteiger partial charge on any atom is 0.253 e. The average molecular weight is 330 g/mol. The summed E-state index contributed by atoms with van der Waals surface area (Å²) in [5, 5.41) is 9.90. The van der Waals surface area contributed by atoms with Gasteiger partial charge in [-0.2, -0.15) is 0 Å². The first kappa shape index (κ1) is 17.4. The zero-order valence-electron chi connectivity index (χ0n) is 15.2. The number of benzene rings is 1. The van der Waals surface area contributed by atoms with Gasteiger partial charge in [0.05, 0.1) is 5.60 Å². The van der Waals surface area contributed by atoms with Crippen molar-refractivity contribution >= 4 is 5.91 Å². The number of nitrogens with zero attached hydrogens (tertiary/aromatic N) is 2. The highest BCUT2D eigenvalue weighted by Gasteiger charge is 2.36. The van der Waals surface area contributed by atoms with Gasteiger partial charge in [-0.05, 0) is 70.7 Å². The van der Waals surface area contributed by atoms with Crippen molar-refractivity contribution in [2.24, 2.45) is 0 Å². The van der Waals surface area contributed by atoms with Gasteiger partial charge in [0, 0.05) is 30.7 Å². The van der Waals surface area contributed by atoms with Crippen molar-refractivity contribution in [2.45, 2.75) is 63.6 Å². The van der Waals surface area contributed by atoms with Gasteiger partial charge in [-0.15, -0.1) is 0 Å². The van der Waals surface area contributed by atoms with Gasteiger partial charge in [0.1, 0.15) is 0 Å². The minimum absolute atomic E-state index is 0.154. The quantitative estimate of drug-likeness (QED) is 0.923. The lowest BCUT2D eigenvalue weighted by atomic mass is 9.97. The Morgan fingerprint density at radius 3 is 2.75 bits per heavy atom. The first-order chi connectivity index (χ1) is 11.3. The Kier molecular flexibility index (Phi) is 4.97. The van der Waals surface area contributed by atoms with Crippen molar-refractivity contribution in [3.63, 3.8) is 0 Å². The molecule has 2 atom stereocenters. The first-order valence-corrected chi connectivity index (χ1v) is 9.16. The Morgan fingerprint density at radius 1 is 1.25 bits per heavy atom. The maximum absolute atomic E-state index is 12.9. The lowest BCUT2D eigenvalue weighted by Crippen LogP contribution is -2.39. The predicted octanol–water partition coefficient (Wildman–Crippen LogP) is 2.70. The van der Waals surface area contributed by atoms with Gasteiger partial charge < -0.3 is 10.0 Å². The van der Waals surface area contributed by atoms with Gasteiger partial charge in [0.25, 0.3) is 5.91 Å².